The Bertz CT molecular complexity index is 852. The van der Waals surface area contributed by atoms with Crippen LogP contribution < -0.4 is 15.8 Å². The number of ether oxygens (including phenoxy) is 1. The molecule has 2 aromatic rings. The molecule has 27 heavy (non-hydrogen) atoms. The fourth-order valence-electron chi connectivity index (χ4n) is 3.22. The van der Waals surface area contributed by atoms with Crippen LogP contribution in [0.1, 0.15) is 35.2 Å². The number of nitrogens with two attached hydrogens (primary N) is 1. The smallest absolute Gasteiger partial charge is 0.251 e. The standard InChI is InChI=1S/C22H25N3O2/c1-15-6-8-16(9-7-15)22(26)25-21-5-3-4-20(19(21)14-23)24-17-10-12-18(27-2)13-11-17/h6-14,21H,3-5,23H2,1-2H3,(H,25,26)/b19-14+,24-20?. The Morgan fingerprint density at radius 1 is 1.19 bits per heavy atom. The van der Waals surface area contributed by atoms with Gasteiger partial charge in [-0.2, -0.15) is 0 Å². The Morgan fingerprint density at radius 2 is 1.89 bits per heavy atom. The van der Waals surface area contributed by atoms with E-state index >= 15 is 0 Å². The summed E-state index contributed by atoms with van der Waals surface area (Å²) in [4.78, 5) is 17.3. The van der Waals surface area contributed by atoms with E-state index in [4.69, 9.17) is 15.5 Å². The molecule has 3 N–H and O–H groups in total. The number of hydrogen-bond acceptors (Lipinski definition) is 4. The van der Waals surface area contributed by atoms with Gasteiger partial charge in [0, 0.05) is 23.0 Å². The third kappa shape index (κ3) is 4.56. The minimum atomic E-state index is -0.130. The van der Waals surface area contributed by atoms with E-state index in [-0.39, 0.29) is 11.9 Å². The molecule has 0 aromatic heterocycles. The Labute approximate surface area is 160 Å². The second kappa shape index (κ2) is 8.54. The number of nitrogens with one attached hydrogen (secondary N) is 1. The molecule has 0 spiro atoms. The highest BCUT2D eigenvalue weighted by atomic mass is 16.5. The first-order chi connectivity index (χ1) is 13.1. The first-order valence-corrected chi connectivity index (χ1v) is 9.12. The number of carbonyl (C=O) groups excluding carboxylic acids is 1. The highest BCUT2D eigenvalue weighted by molar-refractivity contribution is 6.04. The van der Waals surface area contributed by atoms with E-state index in [1.807, 2.05) is 55.5 Å². The second-order valence-corrected chi connectivity index (χ2v) is 6.66. The van der Waals surface area contributed by atoms with Gasteiger partial charge < -0.3 is 15.8 Å². The van der Waals surface area contributed by atoms with Crippen LogP contribution in [0.15, 0.2) is 65.3 Å². The molecule has 5 heteroatoms. The number of nitrogens with zero attached hydrogens (tertiary/aromatic N) is 1. The van der Waals surface area contributed by atoms with Gasteiger partial charge in [-0.15, -0.1) is 0 Å². The van der Waals surface area contributed by atoms with E-state index in [2.05, 4.69) is 5.32 Å². The van der Waals surface area contributed by atoms with Gasteiger partial charge in [0.2, 0.25) is 0 Å². The third-order valence-electron chi connectivity index (χ3n) is 4.75. The molecule has 1 atom stereocenters. The van der Waals surface area contributed by atoms with Gasteiger partial charge in [0.25, 0.3) is 5.91 Å². The quantitative estimate of drug-likeness (QED) is 0.865. The van der Waals surface area contributed by atoms with Crippen molar-refractivity contribution in [3.8, 4) is 5.75 Å². The molecular formula is C22H25N3O2. The zero-order valence-corrected chi connectivity index (χ0v) is 15.7. The van der Waals surface area contributed by atoms with Gasteiger partial charge in [0.1, 0.15) is 5.75 Å². The Balaban J connectivity index is 1.77. The summed E-state index contributed by atoms with van der Waals surface area (Å²) in [6.45, 7) is 2.00. The summed E-state index contributed by atoms with van der Waals surface area (Å²) in [6, 6.07) is 15.0. The molecule has 0 heterocycles. The maximum atomic E-state index is 12.6. The van der Waals surface area contributed by atoms with E-state index < -0.39 is 0 Å². The molecule has 2 aromatic carbocycles. The molecule has 1 aliphatic carbocycles. The monoisotopic (exact) mass is 363 g/mol. The molecule has 1 fully saturated rings. The molecule has 0 radical (unpaired) electrons. The van der Waals surface area contributed by atoms with Gasteiger partial charge in [-0.05, 0) is 62.6 Å². The minimum absolute atomic E-state index is 0.0925. The summed E-state index contributed by atoms with van der Waals surface area (Å²) in [5, 5.41) is 3.10. The van der Waals surface area contributed by atoms with E-state index in [9.17, 15) is 4.79 Å². The topological polar surface area (TPSA) is 76.7 Å². The predicted molar refractivity (Wildman–Crippen MR) is 109 cm³/mol. The van der Waals surface area contributed by atoms with Crippen LogP contribution >= 0.6 is 0 Å². The lowest BCUT2D eigenvalue weighted by Crippen LogP contribution is -2.41. The Kier molecular flexibility index (Phi) is 5.91. The average molecular weight is 363 g/mol. The molecule has 3 rings (SSSR count). The van der Waals surface area contributed by atoms with E-state index in [1.54, 1.807) is 13.3 Å². The van der Waals surface area contributed by atoms with Crippen molar-refractivity contribution in [1.82, 2.24) is 5.32 Å². The minimum Gasteiger partial charge on any atom is -0.497 e. The lowest BCUT2D eigenvalue weighted by atomic mass is 9.88. The van der Waals surface area contributed by atoms with Crippen LogP contribution in [0.4, 0.5) is 5.69 Å². The largest absolute Gasteiger partial charge is 0.497 e. The molecule has 140 valence electrons. The lowest BCUT2D eigenvalue weighted by Gasteiger charge is -2.27. The third-order valence-corrected chi connectivity index (χ3v) is 4.75. The zero-order valence-electron chi connectivity index (χ0n) is 15.7. The second-order valence-electron chi connectivity index (χ2n) is 6.66. The van der Waals surface area contributed by atoms with Gasteiger partial charge >= 0.3 is 0 Å². The van der Waals surface area contributed by atoms with E-state index in [1.165, 1.54) is 0 Å². The Hall–Kier alpha value is -3.08. The first-order valence-electron chi connectivity index (χ1n) is 9.12. The van der Waals surface area contributed by atoms with Crippen LogP contribution in [0.25, 0.3) is 0 Å². The zero-order chi connectivity index (χ0) is 19.2. The van der Waals surface area contributed by atoms with Crippen molar-refractivity contribution in [2.75, 3.05) is 7.11 Å². The lowest BCUT2D eigenvalue weighted by molar-refractivity contribution is 0.0941. The molecule has 0 bridgehead atoms. The van der Waals surface area contributed by atoms with Crippen LogP contribution in [-0.4, -0.2) is 24.8 Å². The summed E-state index contributed by atoms with van der Waals surface area (Å²) >= 11 is 0. The van der Waals surface area contributed by atoms with Gasteiger partial charge in [-0.25, -0.2) is 0 Å². The fraction of sp³-hybridized carbons (Fsp3) is 0.273. The molecule has 1 saturated carbocycles. The maximum Gasteiger partial charge on any atom is 0.251 e. The van der Waals surface area contributed by atoms with Gasteiger partial charge in [-0.3, -0.25) is 9.79 Å². The molecule has 1 amide bonds. The molecule has 0 saturated heterocycles. The number of carbonyl (C=O) groups is 1. The molecular weight excluding hydrogens is 338 g/mol. The van der Waals surface area contributed by atoms with Gasteiger partial charge in [-0.1, -0.05) is 17.7 Å². The first kappa shape index (κ1) is 18.7. The Morgan fingerprint density at radius 3 is 2.52 bits per heavy atom. The van der Waals surface area contributed by atoms with Crippen LogP contribution in [0.2, 0.25) is 0 Å². The number of amides is 1. The number of aryl methyl sites for hydroxylation is 1. The highest BCUT2D eigenvalue weighted by Gasteiger charge is 2.25. The van der Waals surface area contributed by atoms with Crippen molar-refractivity contribution in [2.24, 2.45) is 10.7 Å². The SMILES string of the molecule is COc1ccc(N=C2CCCC(NC(=O)c3ccc(C)cc3)/C2=C/N)cc1. The number of benzene rings is 2. The number of hydrogen-bond donors (Lipinski definition) is 2. The summed E-state index contributed by atoms with van der Waals surface area (Å²) in [5.41, 5.74) is 10.3. The summed E-state index contributed by atoms with van der Waals surface area (Å²) in [6.07, 6.45) is 4.21. The van der Waals surface area contributed by atoms with E-state index in [0.29, 0.717) is 5.56 Å². The van der Waals surface area contributed by atoms with Crippen molar-refractivity contribution < 1.29 is 9.53 Å². The van der Waals surface area contributed by atoms with Crippen LogP contribution in [-0.2, 0) is 0 Å². The maximum absolute atomic E-state index is 12.6. The van der Waals surface area contributed by atoms with E-state index in [0.717, 1.165) is 47.5 Å². The summed E-state index contributed by atoms with van der Waals surface area (Å²) < 4.78 is 5.18. The highest BCUT2D eigenvalue weighted by Crippen LogP contribution is 2.26. The van der Waals surface area contributed by atoms with Crippen molar-refractivity contribution in [1.29, 1.82) is 0 Å². The molecule has 1 unspecified atom stereocenters. The summed E-state index contributed by atoms with van der Waals surface area (Å²) in [5.74, 6) is 0.700. The normalized spacial score (nSPS) is 19.9. The van der Waals surface area contributed by atoms with Crippen LogP contribution in [0.5, 0.6) is 5.75 Å². The number of methoxy groups -OCH3 is 1. The predicted octanol–water partition coefficient (Wildman–Crippen LogP) is 3.90. The van der Waals surface area contributed by atoms with Crippen molar-refractivity contribution >= 4 is 17.3 Å². The van der Waals surface area contributed by atoms with Crippen LogP contribution in [0.3, 0.4) is 0 Å². The summed E-state index contributed by atoms with van der Waals surface area (Å²) in [7, 11) is 1.64. The number of aliphatic imine (C=N–C) groups is 1. The van der Waals surface area contributed by atoms with Gasteiger partial charge in [0.05, 0.1) is 18.8 Å². The molecule has 5 nitrogen and oxygen atoms in total. The average Bonchev–Trinajstić information content (AvgIpc) is 2.69. The molecule has 0 aliphatic heterocycles. The van der Waals surface area contributed by atoms with Crippen molar-refractivity contribution in [3.63, 3.8) is 0 Å². The number of rotatable bonds is 4. The van der Waals surface area contributed by atoms with Crippen LogP contribution in [0, 0.1) is 6.92 Å². The fourth-order valence-corrected chi connectivity index (χ4v) is 3.22. The molecule has 1 aliphatic rings. The van der Waals surface area contributed by atoms with Crippen molar-refractivity contribution in [2.45, 2.75) is 32.2 Å². The van der Waals surface area contributed by atoms with Gasteiger partial charge in [0.15, 0.2) is 0 Å². The van der Waals surface area contributed by atoms with Crippen molar-refractivity contribution in [3.05, 3.63) is 71.4 Å².